The lowest BCUT2D eigenvalue weighted by Crippen LogP contribution is -2.39. The number of benzene rings is 1. The smallest absolute Gasteiger partial charge is 0.321 e. The van der Waals surface area contributed by atoms with Crippen molar-refractivity contribution in [2.45, 2.75) is 25.2 Å². The van der Waals surface area contributed by atoms with E-state index < -0.39 is 10.0 Å². The Labute approximate surface area is 157 Å². The molecule has 8 nitrogen and oxygen atoms in total. The van der Waals surface area contributed by atoms with E-state index in [1.165, 1.54) is 28.6 Å². The molecule has 2 amide bonds. The van der Waals surface area contributed by atoms with Crippen molar-refractivity contribution in [2.24, 2.45) is 0 Å². The third-order valence-electron chi connectivity index (χ3n) is 4.50. The van der Waals surface area contributed by atoms with Crippen molar-refractivity contribution < 1.29 is 17.6 Å². The second kappa shape index (κ2) is 7.65. The quantitative estimate of drug-likeness (QED) is 0.831. The van der Waals surface area contributed by atoms with Gasteiger partial charge in [-0.3, -0.25) is 5.10 Å². The number of hydrogen-bond acceptors (Lipinski definition) is 4. The van der Waals surface area contributed by atoms with Crippen molar-refractivity contribution in [3.05, 3.63) is 41.5 Å². The van der Waals surface area contributed by atoms with Gasteiger partial charge in [0.15, 0.2) is 0 Å². The van der Waals surface area contributed by atoms with E-state index in [1.54, 1.807) is 18.7 Å². The molecule has 2 heterocycles. The Morgan fingerprint density at radius 1 is 1.15 bits per heavy atom. The molecule has 0 atom stereocenters. The van der Waals surface area contributed by atoms with E-state index in [4.69, 9.17) is 0 Å². The Balaban J connectivity index is 1.68. The van der Waals surface area contributed by atoms with Crippen molar-refractivity contribution in [1.82, 2.24) is 19.4 Å². The molecule has 0 radical (unpaired) electrons. The summed E-state index contributed by atoms with van der Waals surface area (Å²) >= 11 is 0. The molecule has 0 aliphatic carbocycles. The number of aromatic nitrogens is 2. The van der Waals surface area contributed by atoms with Crippen molar-refractivity contribution in [3.63, 3.8) is 0 Å². The van der Waals surface area contributed by atoms with Gasteiger partial charge in [0.25, 0.3) is 0 Å². The number of nitrogens with one attached hydrogen (secondary N) is 2. The Bertz CT molecular complexity index is 907. The molecule has 1 aliphatic rings. The second-order valence-electron chi connectivity index (χ2n) is 6.44. The highest BCUT2D eigenvalue weighted by Crippen LogP contribution is 2.23. The Morgan fingerprint density at radius 3 is 2.48 bits per heavy atom. The summed E-state index contributed by atoms with van der Waals surface area (Å²) in [6.07, 6.45) is 0.520. The van der Waals surface area contributed by atoms with Gasteiger partial charge in [-0.2, -0.15) is 9.40 Å². The van der Waals surface area contributed by atoms with Crippen LogP contribution in [-0.4, -0.2) is 60.0 Å². The van der Waals surface area contributed by atoms with E-state index in [0.717, 1.165) is 0 Å². The molecule has 1 saturated heterocycles. The topological polar surface area (TPSA) is 98.4 Å². The molecule has 146 valence electrons. The minimum absolute atomic E-state index is 0.198. The van der Waals surface area contributed by atoms with Crippen LogP contribution in [0.1, 0.15) is 17.8 Å². The fraction of sp³-hybridized carbons (Fsp3) is 0.412. The van der Waals surface area contributed by atoms with E-state index >= 15 is 0 Å². The van der Waals surface area contributed by atoms with Crippen LogP contribution >= 0.6 is 0 Å². The SMILES string of the molecule is Cc1n[nH]c(C)c1S(=O)(=O)N1CCCN(C(=O)Nc2ccc(F)cc2)CC1. The first-order valence-corrected chi connectivity index (χ1v) is 10.1. The first-order valence-electron chi connectivity index (χ1n) is 8.62. The number of aromatic amines is 1. The number of halogens is 1. The molecule has 10 heteroatoms. The van der Waals surface area contributed by atoms with Gasteiger partial charge in [0.1, 0.15) is 10.7 Å². The summed E-state index contributed by atoms with van der Waals surface area (Å²) in [5, 5.41) is 9.37. The number of amides is 2. The molecule has 0 saturated carbocycles. The van der Waals surface area contributed by atoms with Crippen LogP contribution in [0.3, 0.4) is 0 Å². The summed E-state index contributed by atoms with van der Waals surface area (Å²) < 4.78 is 40.3. The first kappa shape index (κ1) is 19.3. The largest absolute Gasteiger partial charge is 0.323 e. The fourth-order valence-electron chi connectivity index (χ4n) is 3.12. The summed E-state index contributed by atoms with van der Waals surface area (Å²) in [4.78, 5) is 14.2. The first-order chi connectivity index (χ1) is 12.8. The number of carbonyl (C=O) groups excluding carboxylic acids is 1. The minimum atomic E-state index is -3.68. The van der Waals surface area contributed by atoms with E-state index in [0.29, 0.717) is 36.6 Å². The normalized spacial score (nSPS) is 16.2. The molecular formula is C17H22FN5O3S. The van der Waals surface area contributed by atoms with Crippen LogP contribution in [0.4, 0.5) is 14.9 Å². The fourth-order valence-corrected chi connectivity index (χ4v) is 4.92. The molecule has 0 unspecified atom stereocenters. The van der Waals surface area contributed by atoms with Gasteiger partial charge in [-0.25, -0.2) is 17.6 Å². The van der Waals surface area contributed by atoms with Crippen LogP contribution in [0.2, 0.25) is 0 Å². The van der Waals surface area contributed by atoms with Crippen molar-refractivity contribution in [1.29, 1.82) is 0 Å². The van der Waals surface area contributed by atoms with Crippen LogP contribution in [0.25, 0.3) is 0 Å². The predicted octanol–water partition coefficient (Wildman–Crippen LogP) is 2.09. The number of sulfonamides is 1. The molecule has 0 bridgehead atoms. The van der Waals surface area contributed by atoms with Crippen molar-refractivity contribution in [3.8, 4) is 0 Å². The summed E-state index contributed by atoms with van der Waals surface area (Å²) in [5.74, 6) is -0.381. The lowest BCUT2D eigenvalue weighted by Gasteiger charge is -2.22. The average molecular weight is 395 g/mol. The van der Waals surface area contributed by atoms with Crippen molar-refractivity contribution >= 4 is 21.7 Å². The number of hydrogen-bond donors (Lipinski definition) is 2. The van der Waals surface area contributed by atoms with Gasteiger partial charge in [-0.1, -0.05) is 0 Å². The highest BCUT2D eigenvalue weighted by atomic mass is 32.2. The maximum atomic E-state index is 13.0. The number of nitrogens with zero attached hydrogens (tertiary/aromatic N) is 3. The highest BCUT2D eigenvalue weighted by molar-refractivity contribution is 7.89. The zero-order valence-corrected chi connectivity index (χ0v) is 16.0. The Morgan fingerprint density at radius 2 is 1.85 bits per heavy atom. The number of aryl methyl sites for hydroxylation is 2. The van der Waals surface area contributed by atoms with Crippen LogP contribution in [0.5, 0.6) is 0 Å². The monoisotopic (exact) mass is 395 g/mol. The molecule has 1 fully saturated rings. The lowest BCUT2D eigenvalue weighted by atomic mass is 10.3. The molecule has 3 rings (SSSR count). The maximum absolute atomic E-state index is 13.0. The summed E-state index contributed by atoms with van der Waals surface area (Å²) in [6.45, 7) is 4.55. The van der Waals surface area contributed by atoms with E-state index in [1.807, 2.05) is 0 Å². The van der Waals surface area contributed by atoms with Crippen LogP contribution in [-0.2, 0) is 10.0 Å². The number of carbonyl (C=O) groups is 1. The van der Waals surface area contributed by atoms with E-state index in [-0.39, 0.29) is 29.8 Å². The number of anilines is 1. The molecule has 1 aliphatic heterocycles. The second-order valence-corrected chi connectivity index (χ2v) is 8.32. The van der Waals surface area contributed by atoms with E-state index in [2.05, 4.69) is 15.5 Å². The standard InChI is InChI=1S/C17H22FN5O3S/c1-12-16(13(2)21-20-12)27(25,26)23-9-3-8-22(10-11-23)17(24)19-15-6-4-14(18)5-7-15/h4-7H,3,8-11H2,1-2H3,(H,19,24)(H,20,21). The third-order valence-corrected chi connectivity index (χ3v) is 6.66. The van der Waals surface area contributed by atoms with Gasteiger partial charge < -0.3 is 10.2 Å². The maximum Gasteiger partial charge on any atom is 0.321 e. The van der Waals surface area contributed by atoms with Crippen LogP contribution < -0.4 is 5.32 Å². The number of rotatable bonds is 3. The summed E-state index contributed by atoms with van der Waals surface area (Å²) in [7, 11) is -3.68. The molecule has 0 spiro atoms. The predicted molar refractivity (Wildman–Crippen MR) is 98.4 cm³/mol. The molecule has 2 aromatic rings. The zero-order chi connectivity index (χ0) is 19.6. The molecule has 1 aromatic heterocycles. The average Bonchev–Trinajstić information content (AvgIpc) is 2.83. The van der Waals surface area contributed by atoms with Gasteiger partial charge in [-0.05, 0) is 44.5 Å². The molecular weight excluding hydrogens is 373 g/mol. The minimum Gasteiger partial charge on any atom is -0.323 e. The molecule has 27 heavy (non-hydrogen) atoms. The Hall–Kier alpha value is -2.46. The van der Waals surface area contributed by atoms with Gasteiger partial charge in [0.2, 0.25) is 10.0 Å². The highest BCUT2D eigenvalue weighted by Gasteiger charge is 2.31. The number of H-pyrrole nitrogens is 1. The van der Waals surface area contributed by atoms with Crippen molar-refractivity contribution in [2.75, 3.05) is 31.5 Å². The summed E-state index contributed by atoms with van der Waals surface area (Å²) in [5.41, 5.74) is 1.42. The molecule has 1 aromatic carbocycles. The third kappa shape index (κ3) is 4.11. The van der Waals surface area contributed by atoms with Crippen LogP contribution in [0.15, 0.2) is 29.2 Å². The van der Waals surface area contributed by atoms with Gasteiger partial charge in [0.05, 0.1) is 11.4 Å². The lowest BCUT2D eigenvalue weighted by molar-refractivity contribution is 0.214. The van der Waals surface area contributed by atoms with Crippen LogP contribution in [0, 0.1) is 19.7 Å². The summed E-state index contributed by atoms with van der Waals surface area (Å²) in [6, 6.07) is 5.15. The number of urea groups is 1. The van der Waals surface area contributed by atoms with Gasteiger partial charge >= 0.3 is 6.03 Å². The molecule has 2 N–H and O–H groups in total. The Kier molecular flexibility index (Phi) is 5.47. The van der Waals surface area contributed by atoms with Gasteiger partial charge in [-0.15, -0.1) is 0 Å². The van der Waals surface area contributed by atoms with Gasteiger partial charge in [0, 0.05) is 31.9 Å². The van der Waals surface area contributed by atoms with E-state index in [9.17, 15) is 17.6 Å². The zero-order valence-electron chi connectivity index (χ0n) is 15.2.